The molecule has 0 bridgehead atoms. The van der Waals surface area contributed by atoms with Crippen molar-refractivity contribution < 1.29 is 14.6 Å². The third kappa shape index (κ3) is 3.90. The highest BCUT2D eigenvalue weighted by Gasteiger charge is 2.26. The van der Waals surface area contributed by atoms with Crippen LogP contribution in [-0.4, -0.2) is 21.0 Å². The van der Waals surface area contributed by atoms with Crippen LogP contribution in [0.4, 0.5) is 0 Å². The summed E-state index contributed by atoms with van der Waals surface area (Å²) in [6.45, 7) is 0. The van der Waals surface area contributed by atoms with Crippen LogP contribution < -0.4 is 4.74 Å². The summed E-state index contributed by atoms with van der Waals surface area (Å²) in [5.74, 6) is -1.20. The van der Waals surface area contributed by atoms with E-state index in [9.17, 15) is 15.2 Å². The first-order valence-corrected chi connectivity index (χ1v) is 9.89. The maximum atomic E-state index is 11.9. The van der Waals surface area contributed by atoms with E-state index in [-0.39, 0.29) is 11.4 Å². The van der Waals surface area contributed by atoms with E-state index in [1.165, 1.54) is 11.3 Å². The van der Waals surface area contributed by atoms with Crippen molar-refractivity contribution in [2.75, 3.05) is 0 Å². The van der Waals surface area contributed by atoms with Gasteiger partial charge in [0, 0.05) is 29.1 Å². The summed E-state index contributed by atoms with van der Waals surface area (Å²) in [7, 11) is 0. The van der Waals surface area contributed by atoms with Crippen LogP contribution in [0.15, 0.2) is 78.4 Å². The second-order valence-electron chi connectivity index (χ2n) is 6.31. The van der Waals surface area contributed by atoms with Crippen LogP contribution >= 0.6 is 11.3 Å². The van der Waals surface area contributed by atoms with E-state index in [2.05, 4.69) is 16.0 Å². The Bertz CT molecular complexity index is 1200. The Balaban J connectivity index is 1.89. The van der Waals surface area contributed by atoms with E-state index >= 15 is 0 Å². The van der Waals surface area contributed by atoms with Gasteiger partial charge < -0.3 is 9.84 Å². The fraction of sp³-hybridized carbons (Fsp3) is 0.0435. The Morgan fingerprint density at radius 1 is 1.13 bits per heavy atom. The summed E-state index contributed by atoms with van der Waals surface area (Å²) in [4.78, 5) is 21.4. The molecule has 4 rings (SSSR count). The van der Waals surface area contributed by atoms with Gasteiger partial charge in [-0.3, -0.25) is 4.98 Å². The van der Waals surface area contributed by atoms with E-state index in [1.807, 2.05) is 23.6 Å². The zero-order valence-electron chi connectivity index (χ0n) is 15.6. The van der Waals surface area contributed by atoms with Gasteiger partial charge in [0.25, 0.3) is 0 Å². The molecule has 7 heteroatoms. The summed E-state index contributed by atoms with van der Waals surface area (Å²) < 4.78 is 5.84. The van der Waals surface area contributed by atoms with Gasteiger partial charge in [-0.05, 0) is 23.6 Å². The number of rotatable bonds is 6. The normalized spacial score (nSPS) is 11.4. The molecule has 1 aromatic carbocycles. The molecule has 3 aromatic heterocycles. The molecule has 0 saturated heterocycles. The number of carboxylic acids is 1. The SMILES string of the molecule is N#Cc1c(-c2cccnc2)cc(-c2cccs2)nc1OC(C(=O)O)c1ccccc1. The van der Waals surface area contributed by atoms with E-state index in [0.29, 0.717) is 22.4 Å². The maximum absolute atomic E-state index is 11.9. The number of nitrogens with zero attached hydrogens (tertiary/aromatic N) is 3. The molecule has 0 aliphatic heterocycles. The number of pyridine rings is 2. The minimum atomic E-state index is -1.30. The third-order valence-corrected chi connectivity index (χ3v) is 5.29. The second-order valence-corrected chi connectivity index (χ2v) is 7.26. The summed E-state index contributed by atoms with van der Waals surface area (Å²) in [6.07, 6.45) is 1.99. The maximum Gasteiger partial charge on any atom is 0.349 e. The standard InChI is InChI=1S/C23H15N3O3S/c24-13-18-17(16-8-4-10-25-14-16)12-19(20-9-5-11-30-20)26-22(18)29-21(23(27)28)15-6-2-1-3-7-15/h1-12,14,21H,(H,27,28). The summed E-state index contributed by atoms with van der Waals surface area (Å²) in [5, 5.41) is 21.5. The van der Waals surface area contributed by atoms with Crippen molar-refractivity contribution in [2.24, 2.45) is 0 Å². The lowest BCUT2D eigenvalue weighted by Crippen LogP contribution is -2.19. The number of ether oxygens (including phenoxy) is 1. The van der Waals surface area contributed by atoms with Crippen LogP contribution in [0.5, 0.6) is 5.88 Å². The molecular weight excluding hydrogens is 398 g/mol. The minimum absolute atomic E-state index is 0.0292. The van der Waals surface area contributed by atoms with Crippen molar-refractivity contribution in [3.05, 3.63) is 89.6 Å². The zero-order valence-corrected chi connectivity index (χ0v) is 16.4. The fourth-order valence-electron chi connectivity index (χ4n) is 3.02. The third-order valence-electron chi connectivity index (χ3n) is 4.40. The fourth-order valence-corrected chi connectivity index (χ4v) is 3.70. The lowest BCUT2D eigenvalue weighted by atomic mass is 10.0. The van der Waals surface area contributed by atoms with E-state index < -0.39 is 12.1 Å². The minimum Gasteiger partial charge on any atom is -0.478 e. The zero-order chi connectivity index (χ0) is 20.9. The Morgan fingerprint density at radius 3 is 2.60 bits per heavy atom. The van der Waals surface area contributed by atoms with E-state index in [4.69, 9.17) is 4.74 Å². The molecule has 1 unspecified atom stereocenters. The van der Waals surface area contributed by atoms with Crippen molar-refractivity contribution in [1.29, 1.82) is 5.26 Å². The number of aliphatic carboxylic acids is 1. The van der Waals surface area contributed by atoms with Gasteiger partial charge in [0.2, 0.25) is 12.0 Å². The average molecular weight is 413 g/mol. The molecule has 0 aliphatic rings. The number of hydrogen-bond donors (Lipinski definition) is 1. The molecule has 6 nitrogen and oxygen atoms in total. The Kier molecular flexibility index (Phi) is 5.50. The molecule has 4 aromatic rings. The summed E-state index contributed by atoms with van der Waals surface area (Å²) in [5.41, 5.74) is 2.50. The van der Waals surface area contributed by atoms with Gasteiger partial charge in [-0.15, -0.1) is 11.3 Å². The second kappa shape index (κ2) is 8.55. The Hall–Kier alpha value is -4.02. The van der Waals surface area contributed by atoms with Crippen LogP contribution in [0.2, 0.25) is 0 Å². The molecule has 0 spiro atoms. The molecule has 1 atom stereocenters. The Labute approximate surface area is 176 Å². The first-order chi connectivity index (χ1) is 14.7. The summed E-state index contributed by atoms with van der Waals surface area (Å²) in [6, 6.07) is 19.9. The predicted molar refractivity (Wildman–Crippen MR) is 113 cm³/mol. The molecule has 146 valence electrons. The van der Waals surface area contributed by atoms with E-state index in [1.54, 1.807) is 54.9 Å². The molecule has 3 heterocycles. The number of nitriles is 1. The van der Waals surface area contributed by atoms with Gasteiger partial charge in [0.05, 0.1) is 10.6 Å². The average Bonchev–Trinajstić information content (AvgIpc) is 3.33. The van der Waals surface area contributed by atoms with Crippen molar-refractivity contribution >= 4 is 17.3 Å². The lowest BCUT2D eigenvalue weighted by Gasteiger charge is -2.18. The largest absolute Gasteiger partial charge is 0.478 e. The molecule has 0 amide bonds. The highest BCUT2D eigenvalue weighted by molar-refractivity contribution is 7.13. The van der Waals surface area contributed by atoms with Crippen molar-refractivity contribution in [3.63, 3.8) is 0 Å². The Morgan fingerprint density at radius 2 is 1.97 bits per heavy atom. The number of carboxylic acid groups (broad SMARTS) is 1. The molecule has 30 heavy (non-hydrogen) atoms. The van der Waals surface area contributed by atoms with Crippen LogP contribution in [-0.2, 0) is 4.79 Å². The molecule has 0 aliphatic carbocycles. The quantitative estimate of drug-likeness (QED) is 0.480. The highest BCUT2D eigenvalue weighted by atomic mass is 32.1. The molecule has 1 N–H and O–H groups in total. The van der Waals surface area contributed by atoms with Gasteiger partial charge in [0.1, 0.15) is 11.6 Å². The van der Waals surface area contributed by atoms with Crippen LogP contribution in [0.1, 0.15) is 17.2 Å². The number of aromatic nitrogens is 2. The number of benzene rings is 1. The number of carbonyl (C=O) groups is 1. The van der Waals surface area contributed by atoms with Gasteiger partial charge in [-0.25, -0.2) is 9.78 Å². The van der Waals surface area contributed by atoms with Crippen molar-refractivity contribution in [2.45, 2.75) is 6.10 Å². The lowest BCUT2D eigenvalue weighted by molar-refractivity contribution is -0.145. The smallest absolute Gasteiger partial charge is 0.349 e. The van der Waals surface area contributed by atoms with Crippen LogP contribution in [0.3, 0.4) is 0 Å². The van der Waals surface area contributed by atoms with Crippen LogP contribution in [0, 0.1) is 11.3 Å². The number of thiophene rings is 1. The van der Waals surface area contributed by atoms with E-state index in [0.717, 1.165) is 4.88 Å². The number of hydrogen-bond acceptors (Lipinski definition) is 6. The van der Waals surface area contributed by atoms with Crippen LogP contribution in [0.25, 0.3) is 21.7 Å². The molecular formula is C23H15N3O3S. The topological polar surface area (TPSA) is 96.1 Å². The van der Waals surface area contributed by atoms with Gasteiger partial charge in [0.15, 0.2) is 0 Å². The highest BCUT2D eigenvalue weighted by Crippen LogP contribution is 2.36. The van der Waals surface area contributed by atoms with Gasteiger partial charge in [-0.2, -0.15) is 5.26 Å². The monoisotopic (exact) mass is 413 g/mol. The molecule has 0 radical (unpaired) electrons. The summed E-state index contributed by atoms with van der Waals surface area (Å²) >= 11 is 1.49. The van der Waals surface area contributed by atoms with Crippen molar-refractivity contribution in [1.82, 2.24) is 9.97 Å². The van der Waals surface area contributed by atoms with Gasteiger partial charge >= 0.3 is 5.97 Å². The predicted octanol–water partition coefficient (Wildman–Crippen LogP) is 4.95. The molecule has 0 saturated carbocycles. The first-order valence-electron chi connectivity index (χ1n) is 9.01. The van der Waals surface area contributed by atoms with Crippen molar-refractivity contribution in [3.8, 4) is 33.6 Å². The first kappa shape index (κ1) is 19.3. The molecule has 0 fully saturated rings. The van der Waals surface area contributed by atoms with Gasteiger partial charge in [-0.1, -0.05) is 42.5 Å².